The van der Waals surface area contributed by atoms with Gasteiger partial charge in [0.05, 0.1) is 15.9 Å². The molecule has 1 fully saturated rings. The quantitative estimate of drug-likeness (QED) is 0.396. The fourth-order valence-corrected chi connectivity index (χ4v) is 5.36. The number of carbonyl (C=O) groups excluding carboxylic acids is 3. The van der Waals surface area contributed by atoms with Crippen molar-refractivity contribution < 1.29 is 14.4 Å². The molecule has 0 saturated carbocycles. The minimum Gasteiger partial charge on any atom is -0.302 e. The van der Waals surface area contributed by atoms with E-state index in [9.17, 15) is 14.4 Å². The summed E-state index contributed by atoms with van der Waals surface area (Å²) in [7, 11) is 0. The van der Waals surface area contributed by atoms with Gasteiger partial charge < -0.3 is 4.90 Å². The lowest BCUT2D eigenvalue weighted by Gasteiger charge is -2.25. The number of anilines is 2. The Balaban J connectivity index is 0.00000342. The molecule has 4 rings (SSSR count). The second-order valence-corrected chi connectivity index (χ2v) is 9.56. The van der Waals surface area contributed by atoms with Crippen LogP contribution in [0.4, 0.5) is 10.8 Å². The van der Waals surface area contributed by atoms with Crippen LogP contribution in [0.5, 0.6) is 0 Å². The molecule has 186 valence electrons. The highest BCUT2D eigenvalue weighted by Gasteiger charge is 2.30. The number of carbonyl (C=O) groups is 3. The summed E-state index contributed by atoms with van der Waals surface area (Å²) in [5.74, 6) is -0.554. The topological polar surface area (TPSA) is 73.8 Å². The minimum atomic E-state index is -0.204. The van der Waals surface area contributed by atoms with Gasteiger partial charge in [0.15, 0.2) is 5.13 Å². The Labute approximate surface area is 216 Å². The highest BCUT2D eigenvalue weighted by atomic mass is 35.5. The first-order valence-corrected chi connectivity index (χ1v) is 12.5. The van der Waals surface area contributed by atoms with E-state index in [0.29, 0.717) is 22.9 Å². The molecule has 2 heterocycles. The number of fused-ring (bicyclic) bond motifs is 1. The van der Waals surface area contributed by atoms with E-state index in [1.165, 1.54) is 16.2 Å². The lowest BCUT2D eigenvalue weighted by Crippen LogP contribution is -2.39. The monoisotopic (exact) mass is 514 g/mol. The Morgan fingerprint density at radius 1 is 1.00 bits per heavy atom. The van der Waals surface area contributed by atoms with E-state index in [-0.39, 0.29) is 43.0 Å². The zero-order valence-corrected chi connectivity index (χ0v) is 22.2. The number of nitrogens with zero attached hydrogens (tertiary/aromatic N) is 4. The van der Waals surface area contributed by atoms with Gasteiger partial charge >= 0.3 is 0 Å². The van der Waals surface area contributed by atoms with Gasteiger partial charge in [0.2, 0.25) is 11.8 Å². The normalized spacial score (nSPS) is 13.6. The number of hydrogen-bond acceptors (Lipinski definition) is 6. The highest BCUT2D eigenvalue weighted by molar-refractivity contribution is 7.22. The molecular weight excluding hydrogens is 484 g/mol. The van der Waals surface area contributed by atoms with Crippen molar-refractivity contribution in [1.82, 2.24) is 9.88 Å². The van der Waals surface area contributed by atoms with Gasteiger partial charge in [0.25, 0.3) is 5.91 Å². The molecule has 9 heteroatoms. The summed E-state index contributed by atoms with van der Waals surface area (Å²) in [6, 6.07) is 10.9. The lowest BCUT2D eigenvalue weighted by atomic mass is 10.1. The van der Waals surface area contributed by atoms with Crippen molar-refractivity contribution in [2.24, 2.45) is 0 Å². The van der Waals surface area contributed by atoms with Crippen molar-refractivity contribution in [2.45, 2.75) is 40.5 Å². The fraction of sp³-hybridized carbons (Fsp3) is 0.385. The number of imide groups is 1. The highest BCUT2D eigenvalue weighted by Crippen LogP contribution is 2.33. The molecule has 1 aliphatic rings. The summed E-state index contributed by atoms with van der Waals surface area (Å²) in [4.78, 5) is 47.8. The lowest BCUT2D eigenvalue weighted by molar-refractivity contribution is -0.121. The van der Waals surface area contributed by atoms with E-state index < -0.39 is 0 Å². The van der Waals surface area contributed by atoms with Crippen molar-refractivity contribution in [3.8, 4) is 0 Å². The smallest absolute Gasteiger partial charge is 0.260 e. The molecule has 7 nitrogen and oxygen atoms in total. The van der Waals surface area contributed by atoms with Crippen LogP contribution in [0.1, 0.15) is 48.2 Å². The second-order valence-electron chi connectivity index (χ2n) is 8.58. The first kappa shape index (κ1) is 26.8. The summed E-state index contributed by atoms with van der Waals surface area (Å²) in [6.45, 7) is 11.4. The Morgan fingerprint density at radius 2 is 1.63 bits per heavy atom. The molecule has 0 unspecified atom stereocenters. The van der Waals surface area contributed by atoms with Crippen LogP contribution in [0, 0.1) is 13.8 Å². The molecule has 0 aliphatic carbocycles. The summed E-state index contributed by atoms with van der Waals surface area (Å²) < 4.78 is 1.09. The van der Waals surface area contributed by atoms with Crippen LogP contribution < -0.4 is 9.80 Å². The molecule has 1 aromatic heterocycles. The van der Waals surface area contributed by atoms with E-state index in [2.05, 4.69) is 31.7 Å². The SMILES string of the molecule is CCN(CC)CCN(C(=O)c1ccc(N2C(=O)CCC2=O)cc1)c1nc2cc(C)cc(C)c2s1.Cl. The van der Waals surface area contributed by atoms with Gasteiger partial charge in [0.1, 0.15) is 0 Å². The first-order valence-electron chi connectivity index (χ1n) is 11.7. The molecule has 0 bridgehead atoms. The number of rotatable bonds is 8. The zero-order valence-electron chi connectivity index (χ0n) is 20.5. The third-order valence-electron chi connectivity index (χ3n) is 6.24. The van der Waals surface area contributed by atoms with Crippen LogP contribution in [-0.4, -0.2) is 53.8 Å². The van der Waals surface area contributed by atoms with Gasteiger partial charge in [-0.1, -0.05) is 31.3 Å². The van der Waals surface area contributed by atoms with Gasteiger partial charge in [0, 0.05) is 31.5 Å². The molecule has 0 N–H and O–H groups in total. The molecule has 3 aromatic rings. The van der Waals surface area contributed by atoms with Crippen molar-refractivity contribution >= 4 is 62.5 Å². The van der Waals surface area contributed by atoms with E-state index in [0.717, 1.165) is 41.0 Å². The Morgan fingerprint density at radius 3 is 2.23 bits per heavy atom. The average Bonchev–Trinajstić information content (AvgIpc) is 3.39. The number of amides is 3. The minimum absolute atomic E-state index is 0. The van der Waals surface area contributed by atoms with Crippen LogP contribution in [0.2, 0.25) is 0 Å². The molecule has 1 aliphatic heterocycles. The molecule has 0 spiro atoms. The van der Waals surface area contributed by atoms with Gasteiger partial charge in [-0.3, -0.25) is 24.2 Å². The molecule has 3 amide bonds. The van der Waals surface area contributed by atoms with Gasteiger partial charge in [-0.05, 0) is 68.4 Å². The number of halogens is 1. The molecular formula is C26H31ClN4O3S. The number of hydrogen-bond donors (Lipinski definition) is 0. The molecule has 2 aromatic carbocycles. The van der Waals surface area contributed by atoms with Crippen molar-refractivity contribution in [3.05, 3.63) is 53.1 Å². The Hall–Kier alpha value is -2.81. The van der Waals surface area contributed by atoms with Crippen molar-refractivity contribution in [1.29, 1.82) is 0 Å². The van der Waals surface area contributed by atoms with Crippen LogP contribution in [0.25, 0.3) is 10.2 Å². The number of likely N-dealkylation sites (N-methyl/N-ethyl adjacent to an activating group) is 1. The standard InChI is InChI=1S/C26H30N4O3S.ClH/c1-5-28(6-2)13-14-29(26-27-21-16-17(3)15-18(4)24(21)34-26)25(33)19-7-9-20(10-8-19)30-22(31)11-12-23(30)32;/h7-10,15-16H,5-6,11-14H2,1-4H3;1H. The van der Waals surface area contributed by atoms with E-state index in [4.69, 9.17) is 4.98 Å². The van der Waals surface area contributed by atoms with Gasteiger partial charge in [-0.2, -0.15) is 0 Å². The van der Waals surface area contributed by atoms with Gasteiger partial charge in [-0.25, -0.2) is 4.98 Å². The fourth-order valence-electron chi connectivity index (χ4n) is 4.32. The van der Waals surface area contributed by atoms with E-state index >= 15 is 0 Å². The van der Waals surface area contributed by atoms with Crippen LogP contribution in [-0.2, 0) is 9.59 Å². The predicted octanol–water partition coefficient (Wildman–Crippen LogP) is 4.98. The molecule has 0 radical (unpaired) electrons. The number of benzene rings is 2. The summed E-state index contributed by atoms with van der Waals surface area (Å²) in [5, 5.41) is 0.676. The Bertz CT molecular complexity index is 1220. The van der Waals surface area contributed by atoms with Crippen LogP contribution >= 0.6 is 23.7 Å². The maximum atomic E-state index is 13.7. The number of aryl methyl sites for hydroxylation is 2. The summed E-state index contributed by atoms with van der Waals surface area (Å²) in [6.07, 6.45) is 0.463. The third-order valence-corrected chi connectivity index (χ3v) is 7.47. The van der Waals surface area contributed by atoms with Crippen LogP contribution in [0.3, 0.4) is 0 Å². The van der Waals surface area contributed by atoms with E-state index in [1.54, 1.807) is 29.2 Å². The largest absolute Gasteiger partial charge is 0.302 e. The third kappa shape index (κ3) is 5.55. The zero-order chi connectivity index (χ0) is 24.4. The number of thiazole rings is 1. The maximum Gasteiger partial charge on any atom is 0.260 e. The van der Waals surface area contributed by atoms with Crippen molar-refractivity contribution in [3.63, 3.8) is 0 Å². The summed E-state index contributed by atoms with van der Waals surface area (Å²) in [5.41, 5.74) is 4.20. The number of aromatic nitrogens is 1. The molecule has 0 atom stereocenters. The van der Waals surface area contributed by atoms with Gasteiger partial charge in [-0.15, -0.1) is 12.4 Å². The second kappa shape index (κ2) is 11.3. The van der Waals surface area contributed by atoms with Crippen molar-refractivity contribution in [2.75, 3.05) is 36.0 Å². The van der Waals surface area contributed by atoms with E-state index in [1.807, 2.05) is 13.0 Å². The average molecular weight is 515 g/mol. The molecule has 1 saturated heterocycles. The summed E-state index contributed by atoms with van der Waals surface area (Å²) >= 11 is 1.53. The predicted molar refractivity (Wildman–Crippen MR) is 144 cm³/mol. The maximum absolute atomic E-state index is 13.7. The van der Waals surface area contributed by atoms with Crippen LogP contribution in [0.15, 0.2) is 36.4 Å². The first-order chi connectivity index (χ1) is 16.3. The molecule has 35 heavy (non-hydrogen) atoms. The Kier molecular flexibility index (Phi) is 8.64.